The Kier molecular flexibility index (Phi) is 48.7. The van der Waals surface area contributed by atoms with Crippen LogP contribution in [-0.4, -0.2) is 68.5 Å². The summed E-state index contributed by atoms with van der Waals surface area (Å²) < 4.78 is 23.2. The van der Waals surface area contributed by atoms with Gasteiger partial charge in [-0.25, -0.2) is 0 Å². The molecule has 0 aromatic heterocycles. The van der Waals surface area contributed by atoms with Gasteiger partial charge in [0, 0.05) is 6.42 Å². The van der Waals surface area contributed by atoms with Crippen LogP contribution >= 0.6 is 7.82 Å². The van der Waals surface area contributed by atoms with Crippen LogP contribution in [0.5, 0.6) is 0 Å². The van der Waals surface area contributed by atoms with Gasteiger partial charge in [-0.3, -0.25) is 9.36 Å². The first-order valence-electron chi connectivity index (χ1n) is 28.9. The summed E-state index contributed by atoms with van der Waals surface area (Å²) >= 11 is 0. The van der Waals surface area contributed by atoms with E-state index in [9.17, 15) is 19.4 Å². The number of hydrogen-bond acceptors (Lipinski definition) is 6. The minimum atomic E-state index is -4.59. The first kappa shape index (κ1) is 65.7. The highest BCUT2D eigenvalue weighted by Gasteiger charge is 2.23. The second-order valence-electron chi connectivity index (χ2n) is 21.0. The molecule has 0 fully saturated rings. The molecule has 0 aliphatic rings. The number of nitrogens with one attached hydrogen (secondary N) is 1. The Morgan fingerprint density at radius 3 is 1.24 bits per heavy atom. The van der Waals surface area contributed by atoms with Crippen molar-refractivity contribution in [3.63, 3.8) is 0 Å². The summed E-state index contributed by atoms with van der Waals surface area (Å²) in [6.07, 6.45) is 63.9. The SMILES string of the molecule is CCCCCCCCCC/C=C/C(O)C(COP(=O)([O-])OCC[N+](C)(C)C)NC(=O)CCCCCCCCCCCCCCCCCCC/C=C\C/C=C\CCCCCCCCCCCCC. The molecule has 396 valence electrons. The number of rotatable bonds is 53. The monoisotopic (exact) mass is 965 g/mol. The largest absolute Gasteiger partial charge is 0.756 e. The van der Waals surface area contributed by atoms with E-state index in [1.807, 2.05) is 27.2 Å². The van der Waals surface area contributed by atoms with Crippen molar-refractivity contribution in [1.82, 2.24) is 5.32 Å². The van der Waals surface area contributed by atoms with E-state index >= 15 is 0 Å². The molecule has 0 aliphatic heterocycles. The van der Waals surface area contributed by atoms with Gasteiger partial charge < -0.3 is 28.8 Å². The average Bonchev–Trinajstić information content (AvgIpc) is 3.29. The van der Waals surface area contributed by atoms with Crippen LogP contribution in [0.3, 0.4) is 0 Å². The zero-order valence-corrected chi connectivity index (χ0v) is 46.0. The predicted molar refractivity (Wildman–Crippen MR) is 288 cm³/mol. The van der Waals surface area contributed by atoms with E-state index in [0.717, 1.165) is 44.9 Å². The highest BCUT2D eigenvalue weighted by atomic mass is 31.2. The van der Waals surface area contributed by atoms with Gasteiger partial charge in [0.1, 0.15) is 13.2 Å². The zero-order valence-electron chi connectivity index (χ0n) is 45.1. The molecule has 0 saturated carbocycles. The number of quaternary nitrogens is 1. The van der Waals surface area contributed by atoms with Crippen molar-refractivity contribution in [2.45, 2.75) is 289 Å². The molecule has 67 heavy (non-hydrogen) atoms. The molecule has 0 aromatic rings. The second-order valence-corrected chi connectivity index (χ2v) is 22.4. The number of phosphoric acid groups is 1. The van der Waals surface area contributed by atoms with Crippen LogP contribution in [0.1, 0.15) is 277 Å². The normalized spacial score (nSPS) is 14.2. The van der Waals surface area contributed by atoms with Gasteiger partial charge in [-0.1, -0.05) is 256 Å². The lowest BCUT2D eigenvalue weighted by molar-refractivity contribution is -0.870. The van der Waals surface area contributed by atoms with E-state index < -0.39 is 20.0 Å². The first-order chi connectivity index (χ1) is 32.5. The number of unbranched alkanes of at least 4 members (excludes halogenated alkanes) is 36. The maximum atomic E-state index is 12.9. The molecule has 2 N–H and O–H groups in total. The predicted octanol–water partition coefficient (Wildman–Crippen LogP) is 16.7. The molecule has 8 nitrogen and oxygen atoms in total. The standard InChI is InChI=1S/C58H113N2O6P/c1-6-8-10-12-14-16-18-19-20-21-22-23-24-25-26-27-28-29-30-31-32-33-34-35-36-37-38-39-40-41-42-44-46-48-50-52-58(62)59-56(55-66-67(63,64)65-54-53-60(3,4)5)57(61)51-49-47-45-43-17-15-13-11-9-7-2/h24-25,27-28,49,51,56-57,61H,6-23,26,29-48,50,52-55H2,1-5H3,(H-,59,62,63,64)/b25-24-,28-27-,51-49+. The van der Waals surface area contributed by atoms with Gasteiger partial charge in [0.05, 0.1) is 39.9 Å². The fourth-order valence-corrected chi connectivity index (χ4v) is 9.26. The third kappa shape index (κ3) is 52.4. The van der Waals surface area contributed by atoms with Gasteiger partial charge in [0.25, 0.3) is 7.82 Å². The number of allylic oxidation sites excluding steroid dienone is 5. The fraction of sp³-hybridized carbons (Fsp3) is 0.879. The minimum Gasteiger partial charge on any atom is -0.756 e. The van der Waals surface area contributed by atoms with E-state index in [4.69, 9.17) is 9.05 Å². The van der Waals surface area contributed by atoms with Crippen LogP contribution in [0.25, 0.3) is 0 Å². The van der Waals surface area contributed by atoms with E-state index in [1.165, 1.54) is 212 Å². The van der Waals surface area contributed by atoms with Gasteiger partial charge in [-0.15, -0.1) is 0 Å². The highest BCUT2D eigenvalue weighted by molar-refractivity contribution is 7.45. The van der Waals surface area contributed by atoms with Crippen molar-refractivity contribution in [3.8, 4) is 0 Å². The van der Waals surface area contributed by atoms with Crippen molar-refractivity contribution in [1.29, 1.82) is 0 Å². The van der Waals surface area contributed by atoms with Crippen LogP contribution in [0.4, 0.5) is 0 Å². The van der Waals surface area contributed by atoms with E-state index in [0.29, 0.717) is 17.4 Å². The third-order valence-corrected chi connectivity index (χ3v) is 14.1. The van der Waals surface area contributed by atoms with Gasteiger partial charge in [-0.2, -0.15) is 0 Å². The number of likely N-dealkylation sites (N-methyl/N-ethyl adjacent to an activating group) is 1. The van der Waals surface area contributed by atoms with Crippen molar-refractivity contribution in [3.05, 3.63) is 36.5 Å². The fourth-order valence-electron chi connectivity index (χ4n) is 8.54. The van der Waals surface area contributed by atoms with Crippen molar-refractivity contribution >= 4 is 13.7 Å². The first-order valence-corrected chi connectivity index (χ1v) is 30.3. The highest BCUT2D eigenvalue weighted by Crippen LogP contribution is 2.38. The topological polar surface area (TPSA) is 108 Å². The molecule has 0 bridgehead atoms. The Labute approximate surface area is 417 Å². The molecule has 0 saturated heterocycles. The molecule has 0 heterocycles. The molecule has 0 radical (unpaired) electrons. The average molecular weight is 966 g/mol. The van der Waals surface area contributed by atoms with Crippen LogP contribution < -0.4 is 10.2 Å². The summed E-state index contributed by atoms with van der Waals surface area (Å²) in [5.41, 5.74) is 0. The number of carbonyl (C=O) groups is 1. The molecule has 0 spiro atoms. The number of phosphoric ester groups is 1. The van der Waals surface area contributed by atoms with Gasteiger partial charge in [0.2, 0.25) is 5.91 Å². The third-order valence-electron chi connectivity index (χ3n) is 13.1. The summed E-state index contributed by atoms with van der Waals surface area (Å²) in [6, 6.07) is -0.883. The van der Waals surface area contributed by atoms with Gasteiger partial charge >= 0.3 is 0 Å². The van der Waals surface area contributed by atoms with Gasteiger partial charge in [0.15, 0.2) is 0 Å². The van der Waals surface area contributed by atoms with E-state index in [-0.39, 0.29) is 19.1 Å². The Morgan fingerprint density at radius 2 is 0.866 bits per heavy atom. The number of aliphatic hydroxyl groups excluding tert-OH is 1. The summed E-state index contributed by atoms with van der Waals surface area (Å²) in [6.45, 7) is 4.64. The van der Waals surface area contributed by atoms with E-state index in [1.54, 1.807) is 6.08 Å². The van der Waals surface area contributed by atoms with Crippen molar-refractivity contribution < 1.29 is 32.9 Å². The Balaban J connectivity index is 3.91. The minimum absolute atomic E-state index is 0.000143. The summed E-state index contributed by atoms with van der Waals surface area (Å²) in [4.78, 5) is 25.4. The maximum absolute atomic E-state index is 12.9. The van der Waals surface area contributed by atoms with Gasteiger partial charge in [-0.05, 0) is 51.4 Å². The smallest absolute Gasteiger partial charge is 0.268 e. The maximum Gasteiger partial charge on any atom is 0.268 e. The summed E-state index contributed by atoms with van der Waals surface area (Å²) in [5.74, 6) is -0.197. The lowest BCUT2D eigenvalue weighted by atomic mass is 10.0. The Hall–Kier alpha value is -1.28. The number of amides is 1. The summed E-state index contributed by atoms with van der Waals surface area (Å²) in [5, 5.41) is 13.8. The van der Waals surface area contributed by atoms with Crippen LogP contribution in [-0.2, 0) is 18.4 Å². The molecular formula is C58H113N2O6P. The van der Waals surface area contributed by atoms with Crippen LogP contribution in [0.2, 0.25) is 0 Å². The lowest BCUT2D eigenvalue weighted by Gasteiger charge is -2.29. The van der Waals surface area contributed by atoms with Crippen molar-refractivity contribution in [2.24, 2.45) is 0 Å². The molecular weight excluding hydrogens is 852 g/mol. The number of nitrogens with zero attached hydrogens (tertiary/aromatic N) is 1. The zero-order chi connectivity index (χ0) is 49.2. The molecule has 3 unspecified atom stereocenters. The number of hydrogen-bond donors (Lipinski definition) is 2. The second kappa shape index (κ2) is 49.7. The molecule has 9 heteroatoms. The van der Waals surface area contributed by atoms with Crippen LogP contribution in [0.15, 0.2) is 36.5 Å². The molecule has 1 amide bonds. The molecule has 0 aromatic carbocycles. The quantitative estimate of drug-likeness (QED) is 0.0272. The molecule has 0 aliphatic carbocycles. The Morgan fingerprint density at radius 1 is 0.522 bits per heavy atom. The molecule has 3 atom stereocenters. The molecule has 0 rings (SSSR count). The number of carbonyl (C=O) groups excluding carboxylic acids is 1. The van der Waals surface area contributed by atoms with Crippen LogP contribution in [0, 0.1) is 0 Å². The van der Waals surface area contributed by atoms with Crippen molar-refractivity contribution in [2.75, 3.05) is 40.9 Å². The summed E-state index contributed by atoms with van der Waals surface area (Å²) in [7, 11) is 1.27. The van der Waals surface area contributed by atoms with E-state index in [2.05, 4.69) is 43.5 Å². The lowest BCUT2D eigenvalue weighted by Crippen LogP contribution is -2.45. The Bertz CT molecular complexity index is 1190. The number of aliphatic hydroxyl groups is 1.